The predicted molar refractivity (Wildman–Crippen MR) is 81.5 cm³/mol. The van der Waals surface area contributed by atoms with Gasteiger partial charge in [0, 0.05) is 43.7 Å². The minimum Gasteiger partial charge on any atom is -0.352 e. The van der Waals surface area contributed by atoms with Gasteiger partial charge in [-0.15, -0.1) is 0 Å². The lowest BCUT2D eigenvalue weighted by molar-refractivity contribution is -0.121. The molecule has 22 heavy (non-hydrogen) atoms. The lowest BCUT2D eigenvalue weighted by atomic mass is 10.1. The van der Waals surface area contributed by atoms with Gasteiger partial charge in [0.2, 0.25) is 5.91 Å². The molecule has 2 aromatic rings. The van der Waals surface area contributed by atoms with Gasteiger partial charge in [0.15, 0.2) is 0 Å². The Hall–Kier alpha value is -2.70. The number of carbonyl (C=O) groups is 1. The van der Waals surface area contributed by atoms with Crippen LogP contribution in [0.2, 0.25) is 0 Å². The molecule has 1 amide bonds. The van der Waals surface area contributed by atoms with Crippen molar-refractivity contribution in [1.29, 1.82) is 0 Å². The highest BCUT2D eigenvalue weighted by Crippen LogP contribution is 2.06. The fraction of sp³-hybridized carbons (Fsp3) is 0.333. The van der Waals surface area contributed by atoms with Crippen molar-refractivity contribution in [2.24, 2.45) is 0 Å². The zero-order valence-corrected chi connectivity index (χ0v) is 12.5. The summed E-state index contributed by atoms with van der Waals surface area (Å²) in [6, 6.07) is 3.23. The van der Waals surface area contributed by atoms with E-state index in [0.717, 1.165) is 16.8 Å². The highest BCUT2D eigenvalue weighted by molar-refractivity contribution is 5.75. The third-order valence-electron chi connectivity index (χ3n) is 3.36. The molecule has 0 aliphatic carbocycles. The van der Waals surface area contributed by atoms with E-state index < -0.39 is 11.2 Å². The van der Waals surface area contributed by atoms with Crippen LogP contribution in [0.25, 0.3) is 0 Å². The number of pyridine rings is 1. The van der Waals surface area contributed by atoms with Crippen LogP contribution in [0.5, 0.6) is 0 Å². The van der Waals surface area contributed by atoms with E-state index in [9.17, 15) is 14.4 Å². The molecule has 0 saturated heterocycles. The lowest BCUT2D eigenvalue weighted by Crippen LogP contribution is -2.31. The summed E-state index contributed by atoms with van der Waals surface area (Å²) >= 11 is 0. The summed E-state index contributed by atoms with van der Waals surface area (Å²) in [4.78, 5) is 40.6. The molecular weight excluding hydrogens is 284 g/mol. The highest BCUT2D eigenvalue weighted by atomic mass is 16.2. The van der Waals surface area contributed by atoms with E-state index in [1.54, 1.807) is 6.20 Å². The smallest absolute Gasteiger partial charge is 0.328 e. The first-order chi connectivity index (χ1) is 10.5. The standard InChI is InChI=1S/C15H18N4O3/c1-10-7-12(8-16-11(10)2)9-17-13(20)3-5-19-6-4-14(21)18-15(19)22/h4,6-8H,3,5,9H2,1-2H3,(H,17,20)(H,18,21,22). The molecule has 0 aliphatic rings. The summed E-state index contributed by atoms with van der Waals surface area (Å²) in [5.41, 5.74) is 2.00. The molecule has 7 nitrogen and oxygen atoms in total. The molecule has 2 rings (SSSR count). The topological polar surface area (TPSA) is 96.9 Å². The highest BCUT2D eigenvalue weighted by Gasteiger charge is 2.04. The predicted octanol–water partition coefficient (Wildman–Crippen LogP) is 0.255. The summed E-state index contributed by atoms with van der Waals surface area (Å²) in [6.45, 7) is 4.51. The van der Waals surface area contributed by atoms with Crippen LogP contribution in [0, 0.1) is 13.8 Å². The molecule has 2 aromatic heterocycles. The molecule has 0 aliphatic heterocycles. The summed E-state index contributed by atoms with van der Waals surface area (Å²) in [6.07, 6.45) is 3.26. The molecule has 0 bridgehead atoms. The number of aromatic amines is 1. The molecule has 0 spiro atoms. The first-order valence-corrected chi connectivity index (χ1v) is 6.94. The number of H-pyrrole nitrogens is 1. The Morgan fingerprint density at radius 1 is 1.36 bits per heavy atom. The van der Waals surface area contributed by atoms with Gasteiger partial charge in [0.05, 0.1) is 0 Å². The van der Waals surface area contributed by atoms with Crippen molar-refractivity contribution in [2.45, 2.75) is 33.4 Å². The number of nitrogens with one attached hydrogen (secondary N) is 2. The van der Waals surface area contributed by atoms with E-state index in [4.69, 9.17) is 0 Å². The largest absolute Gasteiger partial charge is 0.352 e. The number of nitrogens with zero attached hydrogens (tertiary/aromatic N) is 2. The maximum absolute atomic E-state index is 11.8. The first-order valence-electron chi connectivity index (χ1n) is 6.94. The maximum Gasteiger partial charge on any atom is 0.328 e. The third kappa shape index (κ3) is 4.15. The number of rotatable bonds is 5. The second-order valence-electron chi connectivity index (χ2n) is 5.08. The van der Waals surface area contributed by atoms with Crippen molar-refractivity contribution in [3.8, 4) is 0 Å². The van der Waals surface area contributed by atoms with E-state index >= 15 is 0 Å². The monoisotopic (exact) mass is 302 g/mol. The van der Waals surface area contributed by atoms with Gasteiger partial charge in [0.25, 0.3) is 5.56 Å². The Bertz CT molecular complexity index is 792. The number of aromatic nitrogens is 3. The quantitative estimate of drug-likeness (QED) is 0.827. The van der Waals surface area contributed by atoms with Crippen LogP contribution in [0.3, 0.4) is 0 Å². The molecule has 2 N–H and O–H groups in total. The first kappa shape index (κ1) is 15.7. The van der Waals surface area contributed by atoms with Crippen LogP contribution >= 0.6 is 0 Å². The lowest BCUT2D eigenvalue weighted by Gasteiger charge is -2.08. The Morgan fingerprint density at radius 3 is 2.82 bits per heavy atom. The fourth-order valence-electron chi connectivity index (χ4n) is 1.93. The molecule has 0 saturated carbocycles. The molecule has 0 fully saturated rings. The molecular formula is C15H18N4O3. The van der Waals surface area contributed by atoms with Crippen LogP contribution in [0.15, 0.2) is 34.1 Å². The Morgan fingerprint density at radius 2 is 2.14 bits per heavy atom. The van der Waals surface area contributed by atoms with Crippen molar-refractivity contribution < 1.29 is 4.79 Å². The Kier molecular flexibility index (Phi) is 4.88. The van der Waals surface area contributed by atoms with Gasteiger partial charge in [0.1, 0.15) is 0 Å². The normalized spacial score (nSPS) is 10.5. The van der Waals surface area contributed by atoms with Crippen molar-refractivity contribution in [2.75, 3.05) is 0 Å². The molecule has 116 valence electrons. The summed E-state index contributed by atoms with van der Waals surface area (Å²) in [5.74, 6) is -0.170. The van der Waals surface area contributed by atoms with Crippen LogP contribution in [0.4, 0.5) is 0 Å². The second kappa shape index (κ2) is 6.84. The number of carbonyl (C=O) groups excluding carboxylic acids is 1. The van der Waals surface area contributed by atoms with Crippen molar-refractivity contribution in [1.82, 2.24) is 19.9 Å². The molecule has 7 heteroatoms. The average Bonchev–Trinajstić information content (AvgIpc) is 2.47. The number of aryl methyl sites for hydroxylation is 3. The van der Waals surface area contributed by atoms with Crippen molar-refractivity contribution in [3.63, 3.8) is 0 Å². The zero-order chi connectivity index (χ0) is 16.1. The van der Waals surface area contributed by atoms with Crippen molar-refractivity contribution >= 4 is 5.91 Å². The Labute approximate surface area is 127 Å². The third-order valence-corrected chi connectivity index (χ3v) is 3.36. The van der Waals surface area contributed by atoms with Gasteiger partial charge in [-0.05, 0) is 25.0 Å². The molecule has 2 heterocycles. The van der Waals surface area contributed by atoms with Gasteiger partial charge in [-0.2, -0.15) is 0 Å². The molecule has 0 radical (unpaired) electrons. The van der Waals surface area contributed by atoms with Crippen LogP contribution in [0.1, 0.15) is 23.2 Å². The summed E-state index contributed by atoms with van der Waals surface area (Å²) in [7, 11) is 0. The van der Waals surface area contributed by atoms with Crippen molar-refractivity contribution in [3.05, 3.63) is 62.2 Å². The van der Waals surface area contributed by atoms with Crippen LogP contribution in [-0.4, -0.2) is 20.4 Å². The second-order valence-corrected chi connectivity index (χ2v) is 5.08. The number of hydrogen-bond donors (Lipinski definition) is 2. The average molecular weight is 302 g/mol. The van der Waals surface area contributed by atoms with Crippen LogP contribution in [-0.2, 0) is 17.9 Å². The minimum absolute atomic E-state index is 0.157. The van der Waals surface area contributed by atoms with E-state index in [-0.39, 0.29) is 18.9 Å². The van der Waals surface area contributed by atoms with Gasteiger partial charge in [-0.1, -0.05) is 6.07 Å². The van der Waals surface area contributed by atoms with E-state index in [2.05, 4.69) is 15.3 Å². The maximum atomic E-state index is 11.8. The SMILES string of the molecule is Cc1cc(CNC(=O)CCn2ccc(=O)[nH]c2=O)cnc1C. The molecule has 0 atom stereocenters. The number of amides is 1. The van der Waals surface area contributed by atoms with E-state index in [0.29, 0.717) is 6.54 Å². The molecule has 0 aromatic carbocycles. The van der Waals surface area contributed by atoms with Gasteiger partial charge in [-0.3, -0.25) is 19.6 Å². The van der Waals surface area contributed by atoms with Gasteiger partial charge < -0.3 is 9.88 Å². The summed E-state index contributed by atoms with van der Waals surface area (Å²) < 4.78 is 1.29. The van der Waals surface area contributed by atoms with E-state index in [1.807, 2.05) is 19.9 Å². The van der Waals surface area contributed by atoms with E-state index in [1.165, 1.54) is 16.8 Å². The number of hydrogen-bond acceptors (Lipinski definition) is 4. The van der Waals surface area contributed by atoms with Gasteiger partial charge in [-0.25, -0.2) is 4.79 Å². The summed E-state index contributed by atoms with van der Waals surface area (Å²) in [5, 5.41) is 2.78. The molecule has 0 unspecified atom stereocenters. The Balaban J connectivity index is 1.86. The zero-order valence-electron chi connectivity index (χ0n) is 12.5. The van der Waals surface area contributed by atoms with Gasteiger partial charge >= 0.3 is 5.69 Å². The minimum atomic E-state index is -0.515. The fourth-order valence-corrected chi connectivity index (χ4v) is 1.93. The van der Waals surface area contributed by atoms with Crippen LogP contribution < -0.4 is 16.6 Å².